The van der Waals surface area contributed by atoms with Crippen LogP contribution in [0.2, 0.25) is 0 Å². The Labute approximate surface area is 157 Å². The second-order valence-corrected chi connectivity index (χ2v) is 6.46. The van der Waals surface area contributed by atoms with Gasteiger partial charge in [0.1, 0.15) is 6.04 Å². The average Bonchev–Trinajstić information content (AvgIpc) is 2.73. The highest BCUT2D eigenvalue weighted by Gasteiger charge is 2.48. The van der Waals surface area contributed by atoms with Gasteiger partial charge < -0.3 is 0 Å². The number of carbonyl (C=O) groups is 1. The lowest BCUT2D eigenvalue weighted by molar-refractivity contribution is -0.0188. The van der Waals surface area contributed by atoms with E-state index in [1.54, 1.807) is 48.5 Å². The molecule has 0 bridgehead atoms. The van der Waals surface area contributed by atoms with E-state index in [1.807, 2.05) is 37.3 Å². The van der Waals surface area contributed by atoms with Gasteiger partial charge in [0.05, 0.1) is 0 Å². The zero-order valence-corrected chi connectivity index (χ0v) is 15.0. The minimum atomic E-state index is -3.61. The van der Waals surface area contributed by atoms with Crippen LogP contribution in [0.1, 0.15) is 40.5 Å². The third kappa shape index (κ3) is 4.29. The smallest absolute Gasteiger partial charge is 0.298 e. The van der Waals surface area contributed by atoms with Crippen molar-refractivity contribution in [2.24, 2.45) is 0 Å². The maximum absolute atomic E-state index is 15.3. The van der Waals surface area contributed by atoms with E-state index in [-0.39, 0.29) is 11.6 Å². The predicted molar refractivity (Wildman–Crippen MR) is 103 cm³/mol. The van der Waals surface area contributed by atoms with Gasteiger partial charge >= 0.3 is 5.92 Å². The average molecular weight is 365 g/mol. The van der Waals surface area contributed by atoms with Gasteiger partial charge in [0.2, 0.25) is 5.78 Å². The van der Waals surface area contributed by atoms with Crippen LogP contribution in [0.5, 0.6) is 0 Å². The summed E-state index contributed by atoms with van der Waals surface area (Å²) in [4.78, 5) is 12.6. The fraction of sp³-hybridized carbons (Fsp3) is 0.174. The van der Waals surface area contributed by atoms with E-state index in [9.17, 15) is 4.79 Å². The maximum atomic E-state index is 15.3. The first-order valence-corrected chi connectivity index (χ1v) is 8.83. The summed E-state index contributed by atoms with van der Waals surface area (Å²) in [5.41, 5.74) is 1.24. The molecule has 0 aliphatic heterocycles. The molecule has 0 aliphatic carbocycles. The van der Waals surface area contributed by atoms with E-state index in [1.165, 1.54) is 12.1 Å². The Morgan fingerprint density at radius 2 is 1.22 bits per heavy atom. The lowest BCUT2D eigenvalue weighted by Crippen LogP contribution is -2.44. The van der Waals surface area contributed by atoms with Crippen molar-refractivity contribution < 1.29 is 13.6 Å². The number of Topliss-reactive ketones (excluding diaryl/α,β-unsaturated/α-hetero) is 1. The van der Waals surface area contributed by atoms with Crippen molar-refractivity contribution in [2.75, 3.05) is 0 Å². The van der Waals surface area contributed by atoms with Crippen LogP contribution in [0.3, 0.4) is 0 Å². The van der Waals surface area contributed by atoms with Gasteiger partial charge in [-0.05, 0) is 18.1 Å². The van der Waals surface area contributed by atoms with Crippen LogP contribution in [-0.4, -0.2) is 11.7 Å². The van der Waals surface area contributed by atoms with Gasteiger partial charge in [0.15, 0.2) is 0 Å². The monoisotopic (exact) mass is 365 g/mol. The van der Waals surface area contributed by atoms with Gasteiger partial charge in [-0.1, -0.05) is 91.0 Å². The second kappa shape index (κ2) is 8.23. The third-order valence-corrected chi connectivity index (χ3v) is 4.55. The zero-order valence-electron chi connectivity index (χ0n) is 15.0. The summed E-state index contributed by atoms with van der Waals surface area (Å²) in [7, 11) is 0. The molecule has 3 rings (SSSR count). The Balaban J connectivity index is 1.95. The number of nitrogens with one attached hydrogen (secondary N) is 1. The molecule has 0 aromatic heterocycles. The van der Waals surface area contributed by atoms with Gasteiger partial charge in [-0.25, -0.2) is 0 Å². The topological polar surface area (TPSA) is 29.1 Å². The molecule has 27 heavy (non-hydrogen) atoms. The Morgan fingerprint density at radius 3 is 1.74 bits per heavy atom. The quantitative estimate of drug-likeness (QED) is 0.553. The number of benzene rings is 3. The van der Waals surface area contributed by atoms with E-state index in [0.717, 1.165) is 5.56 Å². The molecule has 2 nitrogen and oxygen atoms in total. The van der Waals surface area contributed by atoms with Gasteiger partial charge in [0.25, 0.3) is 0 Å². The largest absolute Gasteiger partial charge is 0.328 e. The number of halogens is 2. The Hall–Kier alpha value is -2.85. The molecule has 0 fully saturated rings. The molecule has 2 atom stereocenters. The summed E-state index contributed by atoms with van der Waals surface area (Å²) >= 11 is 0. The van der Waals surface area contributed by atoms with Crippen LogP contribution in [-0.2, 0) is 0 Å². The van der Waals surface area contributed by atoms with Crippen LogP contribution in [0, 0.1) is 0 Å². The van der Waals surface area contributed by atoms with Gasteiger partial charge in [-0.3, -0.25) is 10.1 Å². The van der Waals surface area contributed by atoms with Crippen molar-refractivity contribution in [3.05, 3.63) is 108 Å². The van der Waals surface area contributed by atoms with Crippen LogP contribution < -0.4 is 5.32 Å². The highest BCUT2D eigenvalue weighted by Crippen LogP contribution is 2.36. The third-order valence-electron chi connectivity index (χ3n) is 4.55. The molecule has 1 unspecified atom stereocenters. The van der Waals surface area contributed by atoms with E-state index >= 15 is 8.78 Å². The summed E-state index contributed by atoms with van der Waals surface area (Å²) < 4.78 is 30.6. The molecule has 0 aliphatic rings. The molecule has 138 valence electrons. The summed E-state index contributed by atoms with van der Waals surface area (Å²) in [5, 5.41) is 2.97. The zero-order chi connectivity index (χ0) is 19.3. The first kappa shape index (κ1) is 18.9. The molecule has 1 N–H and O–H groups in total. The van der Waals surface area contributed by atoms with Crippen molar-refractivity contribution in [1.82, 2.24) is 5.32 Å². The predicted octanol–water partition coefficient (Wildman–Crippen LogP) is 5.60. The highest BCUT2D eigenvalue weighted by molar-refractivity contribution is 6.01. The van der Waals surface area contributed by atoms with E-state index in [2.05, 4.69) is 5.32 Å². The molecule has 0 saturated carbocycles. The molecule has 3 aromatic carbocycles. The minimum absolute atomic E-state index is 0.00223. The Bertz CT molecular complexity index is 867. The highest BCUT2D eigenvalue weighted by atomic mass is 19.3. The van der Waals surface area contributed by atoms with E-state index in [0.29, 0.717) is 5.56 Å². The lowest BCUT2D eigenvalue weighted by atomic mass is 9.92. The van der Waals surface area contributed by atoms with Crippen molar-refractivity contribution in [2.45, 2.75) is 24.9 Å². The number of hydrogen-bond donors (Lipinski definition) is 1. The lowest BCUT2D eigenvalue weighted by Gasteiger charge is -2.30. The normalized spacial score (nSPS) is 13.7. The summed E-state index contributed by atoms with van der Waals surface area (Å²) in [6, 6.07) is 23.6. The number of rotatable bonds is 7. The van der Waals surface area contributed by atoms with Crippen molar-refractivity contribution in [1.29, 1.82) is 0 Å². The number of alkyl halides is 2. The molecule has 0 radical (unpaired) electrons. The molecular weight excluding hydrogens is 344 g/mol. The van der Waals surface area contributed by atoms with Crippen LogP contribution >= 0.6 is 0 Å². The Morgan fingerprint density at radius 1 is 0.778 bits per heavy atom. The van der Waals surface area contributed by atoms with Crippen LogP contribution in [0.25, 0.3) is 0 Å². The minimum Gasteiger partial charge on any atom is -0.298 e. The summed E-state index contributed by atoms with van der Waals surface area (Å²) in [6.45, 7) is 1.81. The van der Waals surface area contributed by atoms with Gasteiger partial charge in [0, 0.05) is 11.6 Å². The number of carbonyl (C=O) groups excluding carboxylic acids is 1. The second-order valence-electron chi connectivity index (χ2n) is 6.46. The van der Waals surface area contributed by atoms with E-state index < -0.39 is 17.7 Å². The Kier molecular flexibility index (Phi) is 5.77. The van der Waals surface area contributed by atoms with Crippen molar-refractivity contribution >= 4 is 5.78 Å². The standard InChI is InChI=1S/C23H21F2NO/c1-17(18-11-5-2-6-12-18)26-21(19-13-7-3-8-14-19)23(24,25)22(27)20-15-9-4-10-16-20/h2-17,21,26H,1H3/t17-,21?/m1/s1. The summed E-state index contributed by atoms with van der Waals surface area (Å²) in [6.07, 6.45) is 0. The fourth-order valence-corrected chi connectivity index (χ4v) is 3.06. The fourth-order valence-electron chi connectivity index (χ4n) is 3.06. The van der Waals surface area contributed by atoms with Crippen LogP contribution in [0.15, 0.2) is 91.0 Å². The molecule has 0 heterocycles. The number of ketones is 1. The van der Waals surface area contributed by atoms with Crippen molar-refractivity contribution in [3.8, 4) is 0 Å². The SMILES string of the molecule is C[C@@H](NC(c1ccccc1)C(F)(F)C(=O)c1ccccc1)c1ccccc1. The molecule has 0 spiro atoms. The molecular formula is C23H21F2NO. The van der Waals surface area contributed by atoms with Gasteiger partial charge in [-0.2, -0.15) is 8.78 Å². The molecule has 3 aromatic rings. The molecule has 0 saturated heterocycles. The van der Waals surface area contributed by atoms with Gasteiger partial charge in [-0.15, -0.1) is 0 Å². The molecule has 0 amide bonds. The van der Waals surface area contributed by atoms with E-state index in [4.69, 9.17) is 0 Å². The maximum Gasteiger partial charge on any atom is 0.328 e. The molecule has 4 heteroatoms. The van der Waals surface area contributed by atoms with Crippen molar-refractivity contribution in [3.63, 3.8) is 0 Å². The number of hydrogen-bond acceptors (Lipinski definition) is 2. The summed E-state index contributed by atoms with van der Waals surface area (Å²) in [5.74, 6) is -4.80. The van der Waals surface area contributed by atoms with Crippen LogP contribution in [0.4, 0.5) is 8.78 Å². The first-order chi connectivity index (χ1) is 13.0. The first-order valence-electron chi connectivity index (χ1n) is 8.83.